The number of hydrogen-bond acceptors (Lipinski definition) is 7. The SMILES string of the molecule is CCn1ccc(CN2CCOC(c3nc4ncnc(N)c4[nH]3)C2)n1. The molecule has 4 heterocycles. The van der Waals surface area contributed by atoms with Gasteiger partial charge in [0, 0.05) is 32.4 Å². The number of aromatic nitrogens is 6. The third-order valence-electron chi connectivity index (χ3n) is 4.20. The van der Waals surface area contributed by atoms with Crippen molar-refractivity contribution in [2.45, 2.75) is 26.1 Å². The minimum absolute atomic E-state index is 0.138. The number of ether oxygens (including phenoxy) is 1. The maximum absolute atomic E-state index is 5.88. The van der Waals surface area contributed by atoms with Crippen molar-refractivity contribution in [3.63, 3.8) is 0 Å². The summed E-state index contributed by atoms with van der Waals surface area (Å²) in [6.07, 6.45) is 3.29. The van der Waals surface area contributed by atoms with Crippen molar-refractivity contribution in [2.24, 2.45) is 0 Å². The first-order chi connectivity index (χ1) is 11.7. The third kappa shape index (κ3) is 2.83. The fourth-order valence-corrected chi connectivity index (χ4v) is 2.92. The lowest BCUT2D eigenvalue weighted by atomic mass is 10.2. The first-order valence-corrected chi connectivity index (χ1v) is 8.05. The van der Waals surface area contributed by atoms with Crippen molar-refractivity contribution in [1.29, 1.82) is 0 Å². The Labute approximate surface area is 138 Å². The zero-order valence-electron chi connectivity index (χ0n) is 13.5. The summed E-state index contributed by atoms with van der Waals surface area (Å²) in [7, 11) is 0. The maximum atomic E-state index is 5.88. The molecule has 0 amide bonds. The van der Waals surface area contributed by atoms with Crippen LogP contribution >= 0.6 is 0 Å². The summed E-state index contributed by atoms with van der Waals surface area (Å²) < 4.78 is 7.82. The molecule has 1 atom stereocenters. The number of nitrogens with one attached hydrogen (secondary N) is 1. The largest absolute Gasteiger partial charge is 0.382 e. The lowest BCUT2D eigenvalue weighted by molar-refractivity contribution is -0.0371. The molecule has 0 bridgehead atoms. The number of nitrogens with two attached hydrogens (primary N) is 1. The van der Waals surface area contributed by atoms with Gasteiger partial charge in [-0.1, -0.05) is 0 Å². The Bertz CT molecular complexity index is 841. The standard InChI is InChI=1S/C15H20N8O/c1-2-23-4-3-10(21-23)7-22-5-6-24-11(8-22)14-19-12-13(16)17-9-18-15(12)20-14/h3-4,9,11H,2,5-8H2,1H3,(H3,16,17,18,19,20). The average molecular weight is 328 g/mol. The van der Waals surface area contributed by atoms with E-state index in [4.69, 9.17) is 10.5 Å². The van der Waals surface area contributed by atoms with Gasteiger partial charge >= 0.3 is 0 Å². The van der Waals surface area contributed by atoms with E-state index < -0.39 is 0 Å². The number of rotatable bonds is 4. The van der Waals surface area contributed by atoms with Gasteiger partial charge in [0.05, 0.1) is 12.3 Å². The molecule has 3 aromatic heterocycles. The lowest BCUT2D eigenvalue weighted by Gasteiger charge is -2.31. The highest BCUT2D eigenvalue weighted by Crippen LogP contribution is 2.24. The highest BCUT2D eigenvalue weighted by Gasteiger charge is 2.25. The molecule has 9 nitrogen and oxygen atoms in total. The van der Waals surface area contributed by atoms with Crippen molar-refractivity contribution in [3.05, 3.63) is 30.1 Å². The molecule has 1 fully saturated rings. The number of H-pyrrole nitrogens is 1. The molecule has 1 aliphatic rings. The Morgan fingerprint density at radius 3 is 3.12 bits per heavy atom. The van der Waals surface area contributed by atoms with Gasteiger partial charge in [-0.05, 0) is 13.0 Å². The molecule has 0 aromatic carbocycles. The predicted molar refractivity (Wildman–Crippen MR) is 88.0 cm³/mol. The van der Waals surface area contributed by atoms with Gasteiger partial charge in [0.15, 0.2) is 11.5 Å². The minimum Gasteiger partial charge on any atom is -0.382 e. The van der Waals surface area contributed by atoms with E-state index in [0.717, 1.165) is 37.7 Å². The molecule has 0 spiro atoms. The zero-order chi connectivity index (χ0) is 16.5. The first kappa shape index (κ1) is 15.0. The molecule has 0 radical (unpaired) electrons. The normalized spacial score (nSPS) is 19.1. The molecule has 1 aliphatic heterocycles. The van der Waals surface area contributed by atoms with Crippen LogP contribution in [0.25, 0.3) is 11.2 Å². The number of nitrogen functional groups attached to an aromatic ring is 1. The van der Waals surface area contributed by atoms with Crippen LogP contribution in [-0.4, -0.2) is 54.3 Å². The Morgan fingerprint density at radius 1 is 1.42 bits per heavy atom. The molecule has 3 N–H and O–H groups in total. The van der Waals surface area contributed by atoms with Gasteiger partial charge < -0.3 is 15.5 Å². The summed E-state index contributed by atoms with van der Waals surface area (Å²) in [5.41, 5.74) is 8.16. The van der Waals surface area contributed by atoms with E-state index in [9.17, 15) is 0 Å². The first-order valence-electron chi connectivity index (χ1n) is 8.05. The molecule has 9 heteroatoms. The van der Waals surface area contributed by atoms with Gasteiger partial charge in [0.2, 0.25) is 0 Å². The van der Waals surface area contributed by atoms with Gasteiger partial charge in [-0.15, -0.1) is 0 Å². The number of fused-ring (bicyclic) bond motifs is 1. The van der Waals surface area contributed by atoms with Crippen LogP contribution in [-0.2, 0) is 17.8 Å². The molecular weight excluding hydrogens is 308 g/mol. The summed E-state index contributed by atoms with van der Waals surface area (Å²) in [5.74, 6) is 1.14. The Balaban J connectivity index is 1.50. The second kappa shape index (κ2) is 6.17. The summed E-state index contributed by atoms with van der Waals surface area (Å²) in [6.45, 7) is 6.03. The van der Waals surface area contributed by atoms with Crippen LogP contribution in [0.1, 0.15) is 24.5 Å². The van der Waals surface area contributed by atoms with Gasteiger partial charge in [-0.3, -0.25) is 9.58 Å². The summed E-state index contributed by atoms with van der Waals surface area (Å²) in [5, 5.41) is 4.54. The predicted octanol–water partition coefficient (Wildman–Crippen LogP) is 0.725. The second-order valence-corrected chi connectivity index (χ2v) is 5.84. The van der Waals surface area contributed by atoms with Crippen LogP contribution in [0.15, 0.2) is 18.6 Å². The Morgan fingerprint density at radius 2 is 2.33 bits per heavy atom. The van der Waals surface area contributed by atoms with Crippen LogP contribution in [0.3, 0.4) is 0 Å². The van der Waals surface area contributed by atoms with Crippen molar-refractivity contribution >= 4 is 17.0 Å². The highest BCUT2D eigenvalue weighted by atomic mass is 16.5. The van der Waals surface area contributed by atoms with E-state index in [1.54, 1.807) is 0 Å². The highest BCUT2D eigenvalue weighted by molar-refractivity contribution is 5.81. The fourth-order valence-electron chi connectivity index (χ4n) is 2.92. The number of morpholine rings is 1. The Kier molecular flexibility index (Phi) is 3.87. The van der Waals surface area contributed by atoms with E-state index in [1.165, 1.54) is 6.33 Å². The number of aromatic amines is 1. The van der Waals surface area contributed by atoms with E-state index in [-0.39, 0.29) is 6.10 Å². The van der Waals surface area contributed by atoms with E-state index in [1.807, 2.05) is 10.9 Å². The van der Waals surface area contributed by atoms with Crippen LogP contribution in [0.2, 0.25) is 0 Å². The van der Waals surface area contributed by atoms with Gasteiger partial charge in [0.1, 0.15) is 23.8 Å². The quantitative estimate of drug-likeness (QED) is 0.726. The average Bonchev–Trinajstić information content (AvgIpc) is 3.22. The molecule has 1 unspecified atom stereocenters. The smallest absolute Gasteiger partial charge is 0.183 e. The third-order valence-corrected chi connectivity index (χ3v) is 4.20. The monoisotopic (exact) mass is 328 g/mol. The minimum atomic E-state index is -0.138. The number of nitrogens with zero attached hydrogens (tertiary/aromatic N) is 6. The van der Waals surface area contributed by atoms with Gasteiger partial charge in [-0.2, -0.15) is 5.10 Å². The molecule has 126 valence electrons. The fraction of sp³-hybridized carbons (Fsp3) is 0.467. The topological polar surface area (TPSA) is 111 Å². The molecule has 4 rings (SSSR count). The number of aryl methyl sites for hydroxylation is 1. The maximum Gasteiger partial charge on any atom is 0.183 e. The summed E-state index contributed by atoms with van der Waals surface area (Å²) >= 11 is 0. The number of hydrogen-bond donors (Lipinski definition) is 2. The molecule has 1 saturated heterocycles. The van der Waals surface area contributed by atoms with E-state index in [2.05, 4.69) is 42.9 Å². The van der Waals surface area contributed by atoms with Crippen LogP contribution in [0, 0.1) is 0 Å². The zero-order valence-corrected chi connectivity index (χ0v) is 13.5. The second-order valence-electron chi connectivity index (χ2n) is 5.84. The van der Waals surface area contributed by atoms with Gasteiger partial charge in [0.25, 0.3) is 0 Å². The number of anilines is 1. The summed E-state index contributed by atoms with van der Waals surface area (Å²) in [6, 6.07) is 2.06. The van der Waals surface area contributed by atoms with E-state index >= 15 is 0 Å². The van der Waals surface area contributed by atoms with Crippen molar-refractivity contribution in [2.75, 3.05) is 25.4 Å². The lowest BCUT2D eigenvalue weighted by Crippen LogP contribution is -2.38. The van der Waals surface area contributed by atoms with E-state index in [0.29, 0.717) is 23.6 Å². The molecule has 24 heavy (non-hydrogen) atoms. The molecule has 0 aliphatic carbocycles. The van der Waals surface area contributed by atoms with Crippen molar-refractivity contribution < 1.29 is 4.74 Å². The van der Waals surface area contributed by atoms with Crippen LogP contribution in [0.4, 0.5) is 5.82 Å². The Hall–Kier alpha value is -2.52. The summed E-state index contributed by atoms with van der Waals surface area (Å²) in [4.78, 5) is 18.1. The molecule has 0 saturated carbocycles. The molecule has 3 aromatic rings. The van der Waals surface area contributed by atoms with Crippen LogP contribution < -0.4 is 5.73 Å². The van der Waals surface area contributed by atoms with Crippen molar-refractivity contribution in [1.82, 2.24) is 34.6 Å². The van der Waals surface area contributed by atoms with Crippen molar-refractivity contribution in [3.8, 4) is 0 Å². The number of imidazole rings is 1. The van der Waals surface area contributed by atoms with Gasteiger partial charge in [-0.25, -0.2) is 15.0 Å². The van der Waals surface area contributed by atoms with Crippen LogP contribution in [0.5, 0.6) is 0 Å². The molecular formula is C15H20N8O.